The zero-order valence-corrected chi connectivity index (χ0v) is 19.9. The quantitative estimate of drug-likeness (QED) is 0.480. The van der Waals surface area contributed by atoms with E-state index >= 15 is 0 Å². The van der Waals surface area contributed by atoms with Gasteiger partial charge < -0.3 is 15.0 Å². The van der Waals surface area contributed by atoms with Crippen molar-refractivity contribution in [3.8, 4) is 5.75 Å². The Labute approximate surface area is 200 Å². The van der Waals surface area contributed by atoms with Crippen molar-refractivity contribution in [3.63, 3.8) is 0 Å². The molecule has 0 saturated carbocycles. The molecule has 4 atom stereocenters. The van der Waals surface area contributed by atoms with Crippen LogP contribution in [0.3, 0.4) is 0 Å². The first-order valence-electron chi connectivity index (χ1n) is 11.1. The van der Waals surface area contributed by atoms with Crippen molar-refractivity contribution in [1.82, 2.24) is 4.90 Å². The Hall–Kier alpha value is -3.12. The number of aryl methyl sites for hydroxylation is 1. The first kappa shape index (κ1) is 20.5. The second-order valence-corrected chi connectivity index (χ2v) is 10.2. The highest BCUT2D eigenvalue weighted by molar-refractivity contribution is 9.10. The molecule has 1 fully saturated rings. The molecule has 0 spiro atoms. The molecule has 5 nitrogen and oxygen atoms in total. The average molecular weight is 503 g/mol. The van der Waals surface area contributed by atoms with Gasteiger partial charge in [-0.05, 0) is 43.7 Å². The fourth-order valence-corrected chi connectivity index (χ4v) is 6.37. The maximum absolute atomic E-state index is 14.2. The van der Waals surface area contributed by atoms with Gasteiger partial charge in [-0.25, -0.2) is 0 Å². The number of hydrogen-bond donors (Lipinski definition) is 1. The number of carbonyl (C=O) groups excluding carboxylic acids is 2. The Morgan fingerprint density at radius 2 is 1.85 bits per heavy atom. The molecule has 3 aromatic carbocycles. The normalized spacial score (nSPS) is 27.5. The number of halogens is 1. The lowest BCUT2D eigenvalue weighted by molar-refractivity contribution is -0.125. The molecular formula is C27H23BrN2O3. The number of nitrogens with zero attached hydrogens (tertiary/aromatic N) is 1. The highest BCUT2D eigenvalue weighted by Crippen LogP contribution is 2.60. The molecule has 0 unspecified atom stereocenters. The topological polar surface area (TPSA) is 58.6 Å². The highest BCUT2D eigenvalue weighted by Gasteiger charge is 2.65. The van der Waals surface area contributed by atoms with Gasteiger partial charge in [-0.15, -0.1) is 0 Å². The fraction of sp³-hybridized carbons (Fsp3) is 0.259. The highest BCUT2D eigenvalue weighted by atomic mass is 79.9. The largest absolute Gasteiger partial charge is 0.493 e. The molecule has 2 amide bonds. The number of fused-ring (bicyclic) bond motifs is 6. The summed E-state index contributed by atoms with van der Waals surface area (Å²) in [5.41, 5.74) is 3.05. The maximum Gasteiger partial charge on any atom is 0.257 e. The van der Waals surface area contributed by atoms with Gasteiger partial charge in [-0.2, -0.15) is 0 Å². The summed E-state index contributed by atoms with van der Waals surface area (Å²) in [7, 11) is 0. The molecule has 166 valence electrons. The maximum atomic E-state index is 14.2. The van der Waals surface area contributed by atoms with Gasteiger partial charge in [0.05, 0.1) is 23.9 Å². The van der Waals surface area contributed by atoms with Crippen LogP contribution >= 0.6 is 15.9 Å². The molecule has 1 N–H and O–H groups in total. The van der Waals surface area contributed by atoms with Crippen LogP contribution in [0, 0.1) is 12.8 Å². The Morgan fingerprint density at radius 1 is 1.06 bits per heavy atom. The molecule has 0 radical (unpaired) electrons. The van der Waals surface area contributed by atoms with Crippen molar-refractivity contribution in [2.75, 3.05) is 11.9 Å². The number of nitrogens with one attached hydrogen (secondary N) is 1. The van der Waals surface area contributed by atoms with Crippen molar-refractivity contribution >= 4 is 33.4 Å². The minimum Gasteiger partial charge on any atom is -0.493 e. The van der Waals surface area contributed by atoms with E-state index in [4.69, 9.17) is 4.74 Å². The van der Waals surface area contributed by atoms with E-state index in [1.165, 1.54) is 0 Å². The molecule has 3 aromatic rings. The zero-order valence-electron chi connectivity index (χ0n) is 18.3. The van der Waals surface area contributed by atoms with E-state index in [1.807, 2.05) is 55.1 Å². The minimum absolute atomic E-state index is 0.0601. The van der Waals surface area contributed by atoms with Crippen molar-refractivity contribution < 1.29 is 14.3 Å². The molecule has 3 aliphatic heterocycles. The van der Waals surface area contributed by atoms with Gasteiger partial charge in [0.15, 0.2) is 0 Å². The summed E-state index contributed by atoms with van der Waals surface area (Å²) < 4.78 is 7.01. The zero-order chi connectivity index (χ0) is 22.9. The summed E-state index contributed by atoms with van der Waals surface area (Å²) in [4.78, 5) is 30.0. The van der Waals surface area contributed by atoms with Crippen molar-refractivity contribution in [1.29, 1.82) is 0 Å². The molecule has 3 aliphatic rings. The van der Waals surface area contributed by atoms with Gasteiger partial charge >= 0.3 is 0 Å². The first-order valence-corrected chi connectivity index (χ1v) is 11.9. The number of anilines is 1. The van der Waals surface area contributed by atoms with Crippen LogP contribution in [0.1, 0.15) is 45.9 Å². The molecule has 0 aromatic heterocycles. The van der Waals surface area contributed by atoms with Crippen LogP contribution in [0.2, 0.25) is 0 Å². The number of ether oxygens (including phenoxy) is 1. The second kappa shape index (κ2) is 7.19. The summed E-state index contributed by atoms with van der Waals surface area (Å²) in [5, 5.41) is 3.07. The number of carbonyl (C=O) groups is 2. The number of benzene rings is 3. The molecular weight excluding hydrogens is 480 g/mol. The third-order valence-corrected chi connectivity index (χ3v) is 7.92. The molecule has 6 rings (SSSR count). The lowest BCUT2D eigenvalue weighted by Crippen LogP contribution is -2.54. The van der Waals surface area contributed by atoms with E-state index in [1.54, 1.807) is 12.1 Å². The second-order valence-electron chi connectivity index (χ2n) is 9.32. The minimum atomic E-state index is -1.09. The Bertz CT molecular complexity index is 1310. The van der Waals surface area contributed by atoms with Crippen LogP contribution in [0.5, 0.6) is 5.75 Å². The van der Waals surface area contributed by atoms with Crippen LogP contribution in [0.25, 0.3) is 0 Å². The molecule has 0 bridgehead atoms. The molecule has 6 heteroatoms. The monoisotopic (exact) mass is 502 g/mol. The average Bonchev–Trinajstić information content (AvgIpc) is 3.06. The van der Waals surface area contributed by atoms with Gasteiger partial charge in [0.2, 0.25) is 0 Å². The lowest BCUT2D eigenvalue weighted by Gasteiger charge is -2.38. The SMILES string of the molecule is Cc1ccc2c(c1)[C@H]1[C@H](CO2)[C@H](c2ccccc2)[C@]2(C)C(=O)Nc3ccc(Br)cc3C(=O)N12. The molecule has 33 heavy (non-hydrogen) atoms. The van der Waals surface area contributed by atoms with Gasteiger partial charge in [-0.1, -0.05) is 64.0 Å². The predicted octanol–water partition coefficient (Wildman–Crippen LogP) is 5.46. The van der Waals surface area contributed by atoms with Crippen molar-refractivity contribution in [2.45, 2.75) is 31.3 Å². The van der Waals surface area contributed by atoms with Gasteiger partial charge in [0, 0.05) is 21.9 Å². The summed E-state index contributed by atoms with van der Waals surface area (Å²) in [6, 6.07) is 21.3. The standard InChI is InChI=1S/C27H23BrN2O3/c1-15-8-11-22-19(12-15)24-20(14-33-22)23(16-6-4-3-5-7-16)27(2)26(32)29-21-10-9-17(28)13-18(21)25(31)30(24)27/h3-13,20,23-24H,14H2,1-2H3,(H,29,32)/t20-,23+,24+,27-/m1/s1. The fourth-order valence-electron chi connectivity index (χ4n) is 6.00. The summed E-state index contributed by atoms with van der Waals surface area (Å²) >= 11 is 3.49. The number of amides is 2. The molecule has 3 heterocycles. The third-order valence-electron chi connectivity index (χ3n) is 7.43. The van der Waals surface area contributed by atoms with Crippen LogP contribution in [0.4, 0.5) is 5.69 Å². The number of hydrogen-bond acceptors (Lipinski definition) is 3. The first-order chi connectivity index (χ1) is 15.9. The Kier molecular flexibility index (Phi) is 4.46. The van der Waals surface area contributed by atoms with E-state index < -0.39 is 5.54 Å². The summed E-state index contributed by atoms with van der Waals surface area (Å²) in [6.45, 7) is 4.39. The van der Waals surface area contributed by atoms with Crippen molar-refractivity contribution in [3.05, 3.63) is 93.5 Å². The van der Waals surface area contributed by atoms with Crippen LogP contribution < -0.4 is 10.1 Å². The van der Waals surface area contributed by atoms with Gasteiger partial charge in [-0.3, -0.25) is 9.59 Å². The van der Waals surface area contributed by atoms with Gasteiger partial charge in [0.1, 0.15) is 11.3 Å². The molecule has 0 aliphatic carbocycles. The summed E-state index contributed by atoms with van der Waals surface area (Å²) in [5.74, 6) is 0.184. The molecule has 1 saturated heterocycles. The van der Waals surface area contributed by atoms with E-state index in [9.17, 15) is 9.59 Å². The summed E-state index contributed by atoms with van der Waals surface area (Å²) in [6.07, 6.45) is 0. The Balaban J connectivity index is 1.64. The predicted molar refractivity (Wildman–Crippen MR) is 129 cm³/mol. The van der Waals surface area contributed by atoms with E-state index in [0.717, 1.165) is 26.9 Å². The van der Waals surface area contributed by atoms with Crippen LogP contribution in [-0.4, -0.2) is 28.9 Å². The van der Waals surface area contributed by atoms with E-state index in [-0.39, 0.29) is 29.7 Å². The Morgan fingerprint density at radius 3 is 2.64 bits per heavy atom. The third kappa shape index (κ3) is 2.83. The van der Waals surface area contributed by atoms with E-state index in [2.05, 4.69) is 39.4 Å². The van der Waals surface area contributed by atoms with Gasteiger partial charge in [0.25, 0.3) is 11.8 Å². The van der Waals surface area contributed by atoms with Crippen LogP contribution in [-0.2, 0) is 4.79 Å². The van der Waals surface area contributed by atoms with E-state index in [0.29, 0.717) is 17.9 Å². The van der Waals surface area contributed by atoms with Crippen LogP contribution in [0.15, 0.2) is 71.2 Å². The number of rotatable bonds is 1. The van der Waals surface area contributed by atoms with Crippen molar-refractivity contribution in [2.24, 2.45) is 5.92 Å². The lowest BCUT2D eigenvalue weighted by atomic mass is 9.73. The smallest absolute Gasteiger partial charge is 0.257 e.